The Balaban J connectivity index is 3.00. The topological polar surface area (TPSA) is 58.4 Å². The van der Waals surface area contributed by atoms with Crippen LogP contribution in [0.4, 0.5) is 5.69 Å². The summed E-state index contributed by atoms with van der Waals surface area (Å²) in [5.74, 6) is -0.315. The summed E-state index contributed by atoms with van der Waals surface area (Å²) < 4.78 is 0.999. The number of benzene rings is 1. The summed E-state index contributed by atoms with van der Waals surface area (Å²) in [6.07, 6.45) is 0. The first-order chi connectivity index (χ1) is 8.93. The lowest BCUT2D eigenvalue weighted by molar-refractivity contribution is -0.116. The number of likely N-dealkylation sites (N-methyl/N-ethyl adjacent to an activating group) is 1. The van der Waals surface area contributed by atoms with Gasteiger partial charge in [-0.25, -0.2) is 0 Å². The summed E-state index contributed by atoms with van der Waals surface area (Å²) in [6, 6.07) is 6.53. The third-order valence-electron chi connectivity index (χ3n) is 2.82. The van der Waals surface area contributed by atoms with Crippen LogP contribution < -0.4 is 16.0 Å². The van der Waals surface area contributed by atoms with E-state index in [0.29, 0.717) is 6.04 Å². The summed E-state index contributed by atoms with van der Waals surface area (Å²) in [5.41, 5.74) is 7.52. The van der Waals surface area contributed by atoms with E-state index in [1.807, 2.05) is 24.0 Å². The van der Waals surface area contributed by atoms with Crippen LogP contribution in [0.3, 0.4) is 0 Å². The van der Waals surface area contributed by atoms with E-state index in [-0.39, 0.29) is 12.5 Å². The number of halogens is 1. The minimum atomic E-state index is -0.315. The average Bonchev–Trinajstić information content (AvgIpc) is 2.34. The van der Waals surface area contributed by atoms with Crippen LogP contribution in [0, 0.1) is 0 Å². The van der Waals surface area contributed by atoms with Gasteiger partial charge in [0.1, 0.15) is 0 Å². The lowest BCUT2D eigenvalue weighted by Crippen LogP contribution is -2.34. The standard InChI is InChI=1S/C14H22BrN3O/c1-4-18(9-14(16)19)13-7-12(15)6-5-11(13)8-17-10(2)3/h5-7,10,17H,4,8-9H2,1-3H3,(H2,16,19). The zero-order valence-corrected chi connectivity index (χ0v) is 13.3. The second-order valence-electron chi connectivity index (χ2n) is 4.79. The molecular formula is C14H22BrN3O. The van der Waals surface area contributed by atoms with Crippen LogP contribution in [0.2, 0.25) is 0 Å². The highest BCUT2D eigenvalue weighted by Crippen LogP contribution is 2.25. The van der Waals surface area contributed by atoms with Gasteiger partial charge < -0.3 is 16.0 Å². The number of rotatable bonds is 7. The summed E-state index contributed by atoms with van der Waals surface area (Å²) in [5, 5.41) is 3.40. The third kappa shape index (κ3) is 5.20. The van der Waals surface area contributed by atoms with E-state index in [0.717, 1.165) is 23.2 Å². The zero-order chi connectivity index (χ0) is 14.4. The van der Waals surface area contributed by atoms with Crippen molar-refractivity contribution in [2.45, 2.75) is 33.4 Å². The molecule has 0 saturated carbocycles. The molecule has 0 aliphatic heterocycles. The fourth-order valence-corrected chi connectivity index (χ4v) is 2.20. The van der Waals surface area contributed by atoms with Gasteiger partial charge in [0, 0.05) is 29.3 Å². The Morgan fingerprint density at radius 2 is 2.16 bits per heavy atom. The van der Waals surface area contributed by atoms with E-state index in [4.69, 9.17) is 5.73 Å². The summed E-state index contributed by atoms with van der Waals surface area (Å²) in [6.45, 7) is 7.99. The Morgan fingerprint density at radius 1 is 1.47 bits per heavy atom. The molecule has 1 rings (SSSR count). The number of hydrogen-bond acceptors (Lipinski definition) is 3. The Labute approximate surface area is 123 Å². The Hall–Kier alpha value is -1.07. The normalized spacial score (nSPS) is 10.8. The monoisotopic (exact) mass is 327 g/mol. The van der Waals surface area contributed by atoms with Gasteiger partial charge in [-0.3, -0.25) is 4.79 Å². The van der Waals surface area contributed by atoms with Gasteiger partial charge in [0.25, 0.3) is 0 Å². The lowest BCUT2D eigenvalue weighted by atomic mass is 10.1. The first-order valence-electron chi connectivity index (χ1n) is 6.49. The van der Waals surface area contributed by atoms with Gasteiger partial charge in [0.2, 0.25) is 5.91 Å². The fourth-order valence-electron chi connectivity index (χ4n) is 1.85. The predicted molar refractivity (Wildman–Crippen MR) is 83.2 cm³/mol. The molecule has 0 radical (unpaired) electrons. The van der Waals surface area contributed by atoms with Gasteiger partial charge in [-0.1, -0.05) is 35.8 Å². The molecule has 0 bridgehead atoms. The molecule has 4 nitrogen and oxygen atoms in total. The van der Waals surface area contributed by atoms with Crippen molar-refractivity contribution in [2.75, 3.05) is 18.0 Å². The molecule has 0 heterocycles. The molecule has 19 heavy (non-hydrogen) atoms. The number of hydrogen-bond donors (Lipinski definition) is 2. The maximum absolute atomic E-state index is 11.2. The Bertz CT molecular complexity index is 435. The number of anilines is 1. The molecule has 0 aliphatic carbocycles. The second-order valence-corrected chi connectivity index (χ2v) is 5.70. The molecule has 0 fully saturated rings. The fraction of sp³-hybridized carbons (Fsp3) is 0.500. The van der Waals surface area contributed by atoms with Gasteiger partial charge in [-0.15, -0.1) is 0 Å². The van der Waals surface area contributed by atoms with Gasteiger partial charge in [-0.05, 0) is 24.6 Å². The summed E-state index contributed by atoms with van der Waals surface area (Å²) in [4.78, 5) is 13.1. The highest BCUT2D eigenvalue weighted by Gasteiger charge is 2.12. The minimum absolute atomic E-state index is 0.238. The van der Waals surface area contributed by atoms with Crippen LogP contribution in [0.25, 0.3) is 0 Å². The highest BCUT2D eigenvalue weighted by molar-refractivity contribution is 9.10. The molecule has 106 valence electrons. The van der Waals surface area contributed by atoms with Crippen LogP contribution in [0.1, 0.15) is 26.3 Å². The smallest absolute Gasteiger partial charge is 0.236 e. The van der Waals surface area contributed by atoms with Crippen LogP contribution in [0.5, 0.6) is 0 Å². The molecule has 0 aromatic heterocycles. The largest absolute Gasteiger partial charge is 0.368 e. The Kier molecular flexibility index (Phi) is 6.31. The molecule has 0 unspecified atom stereocenters. The number of primary amides is 1. The maximum atomic E-state index is 11.2. The molecule has 1 aromatic carbocycles. The molecule has 0 spiro atoms. The van der Waals surface area contributed by atoms with Gasteiger partial charge >= 0.3 is 0 Å². The van der Waals surface area contributed by atoms with Crippen molar-refractivity contribution >= 4 is 27.5 Å². The molecule has 3 N–H and O–H groups in total. The van der Waals surface area contributed by atoms with Crippen molar-refractivity contribution in [1.82, 2.24) is 5.32 Å². The SMILES string of the molecule is CCN(CC(N)=O)c1cc(Br)ccc1CNC(C)C. The number of nitrogens with two attached hydrogens (primary N) is 1. The van der Waals surface area contributed by atoms with E-state index in [9.17, 15) is 4.79 Å². The highest BCUT2D eigenvalue weighted by atomic mass is 79.9. The minimum Gasteiger partial charge on any atom is -0.368 e. The van der Waals surface area contributed by atoms with E-state index < -0.39 is 0 Å². The van der Waals surface area contributed by atoms with E-state index in [1.54, 1.807) is 0 Å². The first-order valence-corrected chi connectivity index (χ1v) is 7.28. The first kappa shape index (κ1) is 16.0. The summed E-state index contributed by atoms with van der Waals surface area (Å²) >= 11 is 3.48. The maximum Gasteiger partial charge on any atom is 0.236 e. The zero-order valence-electron chi connectivity index (χ0n) is 11.7. The number of amides is 1. The van der Waals surface area contributed by atoms with Crippen molar-refractivity contribution in [3.63, 3.8) is 0 Å². The van der Waals surface area contributed by atoms with Gasteiger partial charge in [-0.2, -0.15) is 0 Å². The van der Waals surface area contributed by atoms with Crippen LogP contribution in [-0.4, -0.2) is 25.0 Å². The van der Waals surface area contributed by atoms with Crippen LogP contribution in [0.15, 0.2) is 22.7 Å². The van der Waals surface area contributed by atoms with Gasteiger partial charge in [0.05, 0.1) is 6.54 Å². The van der Waals surface area contributed by atoms with Crippen molar-refractivity contribution < 1.29 is 4.79 Å². The van der Waals surface area contributed by atoms with Crippen molar-refractivity contribution in [2.24, 2.45) is 5.73 Å². The summed E-state index contributed by atoms with van der Waals surface area (Å²) in [7, 11) is 0. The van der Waals surface area contributed by atoms with E-state index in [2.05, 4.69) is 41.2 Å². The van der Waals surface area contributed by atoms with Gasteiger partial charge in [0.15, 0.2) is 0 Å². The molecule has 1 aromatic rings. The number of carbonyl (C=O) groups excluding carboxylic acids is 1. The van der Waals surface area contributed by atoms with Crippen LogP contribution >= 0.6 is 15.9 Å². The van der Waals surface area contributed by atoms with Crippen molar-refractivity contribution in [3.05, 3.63) is 28.2 Å². The number of nitrogens with zero attached hydrogens (tertiary/aromatic N) is 1. The quantitative estimate of drug-likeness (QED) is 0.807. The Morgan fingerprint density at radius 3 is 2.68 bits per heavy atom. The molecule has 0 atom stereocenters. The second kappa shape index (κ2) is 7.50. The number of nitrogens with one attached hydrogen (secondary N) is 1. The average molecular weight is 328 g/mol. The van der Waals surface area contributed by atoms with Crippen LogP contribution in [-0.2, 0) is 11.3 Å². The molecule has 0 saturated heterocycles. The molecule has 5 heteroatoms. The molecular weight excluding hydrogens is 306 g/mol. The van der Waals surface area contributed by atoms with E-state index in [1.165, 1.54) is 5.56 Å². The molecule has 1 amide bonds. The van der Waals surface area contributed by atoms with E-state index >= 15 is 0 Å². The lowest BCUT2D eigenvalue weighted by Gasteiger charge is -2.25. The third-order valence-corrected chi connectivity index (χ3v) is 3.31. The molecule has 0 aliphatic rings. The van der Waals surface area contributed by atoms with Crippen molar-refractivity contribution in [3.8, 4) is 0 Å². The number of carbonyl (C=O) groups is 1. The predicted octanol–water partition coefficient (Wildman–Crippen LogP) is 2.26. The van der Waals surface area contributed by atoms with Crippen molar-refractivity contribution in [1.29, 1.82) is 0 Å².